The molecule has 0 aliphatic carbocycles. The van der Waals surface area contributed by atoms with Crippen LogP contribution in [0, 0.1) is 6.92 Å². The molecule has 0 N–H and O–H groups in total. The van der Waals surface area contributed by atoms with Crippen molar-refractivity contribution >= 4 is 12.3 Å². The van der Waals surface area contributed by atoms with Crippen LogP contribution in [0.25, 0.3) is 12.3 Å². The van der Waals surface area contributed by atoms with E-state index in [1.807, 2.05) is 30.5 Å². The minimum absolute atomic E-state index is 1.21. The number of aromatic nitrogens is 1. The molecule has 1 nitrogen and oxygen atoms in total. The monoisotopic (exact) mass is 196 g/mol. The molecule has 0 amide bonds. The van der Waals surface area contributed by atoms with Gasteiger partial charge in [-0.2, -0.15) is 4.57 Å². The zero-order valence-corrected chi connectivity index (χ0v) is 8.80. The molecular weight excluding hydrogens is 182 g/mol. The number of benzene rings is 1. The fourth-order valence-electron chi connectivity index (χ4n) is 1.44. The van der Waals surface area contributed by atoms with Crippen molar-refractivity contribution in [1.29, 1.82) is 0 Å². The van der Waals surface area contributed by atoms with Crippen LogP contribution in [0.5, 0.6) is 0 Å². The highest BCUT2D eigenvalue weighted by molar-refractivity contribution is 5.56. The molecule has 2 rings (SSSR count). The van der Waals surface area contributed by atoms with E-state index in [-0.39, 0.29) is 0 Å². The molecule has 0 saturated heterocycles. The molecule has 1 heterocycles. The van der Waals surface area contributed by atoms with Crippen molar-refractivity contribution < 1.29 is 4.57 Å². The highest BCUT2D eigenvalue weighted by atomic mass is 14.9. The van der Waals surface area contributed by atoms with E-state index in [1.54, 1.807) is 0 Å². The van der Waals surface area contributed by atoms with Gasteiger partial charge in [-0.3, -0.25) is 0 Å². The van der Waals surface area contributed by atoms with E-state index in [4.69, 9.17) is 0 Å². The van der Waals surface area contributed by atoms with Crippen molar-refractivity contribution in [3.05, 3.63) is 66.0 Å². The Hall–Kier alpha value is -1.89. The van der Waals surface area contributed by atoms with Crippen molar-refractivity contribution in [3.8, 4) is 0 Å². The van der Waals surface area contributed by atoms with Gasteiger partial charge in [0.15, 0.2) is 18.6 Å². The second-order valence-electron chi connectivity index (χ2n) is 3.55. The largest absolute Gasteiger partial charge is 0.177 e. The molecule has 0 saturated carbocycles. The number of hydrogen-bond acceptors (Lipinski definition) is 0. The summed E-state index contributed by atoms with van der Waals surface area (Å²) in [6.07, 6.45) is 8.29. The van der Waals surface area contributed by atoms with Crippen molar-refractivity contribution in [2.24, 2.45) is 0 Å². The molecule has 0 bridgehead atoms. The predicted molar refractivity (Wildman–Crippen MR) is 63.0 cm³/mol. The molecule has 0 unspecified atom stereocenters. The normalized spacial score (nSPS) is 10.7. The molecule has 2 aromatic rings. The molecule has 74 valence electrons. The van der Waals surface area contributed by atoms with Crippen LogP contribution in [0.1, 0.15) is 11.1 Å². The molecule has 0 aliphatic heterocycles. The minimum Gasteiger partial charge on any atom is -0.173 e. The maximum Gasteiger partial charge on any atom is 0.177 e. The van der Waals surface area contributed by atoms with Crippen LogP contribution in [0.3, 0.4) is 0 Å². The Labute approximate surface area is 90.3 Å². The van der Waals surface area contributed by atoms with E-state index in [1.165, 1.54) is 11.1 Å². The maximum atomic E-state index is 2.10. The highest BCUT2D eigenvalue weighted by Crippen LogP contribution is 2.00. The number of hydrogen-bond donors (Lipinski definition) is 0. The molecular formula is C14H14N+. The average molecular weight is 196 g/mol. The Kier molecular flexibility index (Phi) is 2.93. The van der Waals surface area contributed by atoms with Crippen LogP contribution in [-0.2, 0) is 0 Å². The molecule has 15 heavy (non-hydrogen) atoms. The summed E-state index contributed by atoms with van der Waals surface area (Å²) < 4.78 is 2.06. The first kappa shape index (κ1) is 9.66. The summed E-state index contributed by atoms with van der Waals surface area (Å²) in [6, 6.07) is 14.4. The first-order chi connectivity index (χ1) is 7.34. The van der Waals surface area contributed by atoms with Crippen LogP contribution >= 0.6 is 0 Å². The Morgan fingerprint density at radius 2 is 1.80 bits per heavy atom. The van der Waals surface area contributed by atoms with E-state index < -0.39 is 0 Å². The SMILES string of the molecule is Cc1ccc[n+](/C=C/c2ccccc2)c1. The molecule has 0 radical (unpaired) electrons. The second-order valence-corrected chi connectivity index (χ2v) is 3.55. The first-order valence-corrected chi connectivity index (χ1v) is 5.05. The van der Waals surface area contributed by atoms with E-state index in [0.29, 0.717) is 0 Å². The third-order valence-electron chi connectivity index (χ3n) is 2.21. The van der Waals surface area contributed by atoms with Gasteiger partial charge in [0.25, 0.3) is 0 Å². The van der Waals surface area contributed by atoms with E-state index in [0.717, 1.165) is 0 Å². The number of aryl methyl sites for hydroxylation is 1. The molecule has 0 aliphatic rings. The Morgan fingerprint density at radius 1 is 1.00 bits per heavy atom. The third kappa shape index (κ3) is 2.78. The molecule has 1 heteroatoms. The van der Waals surface area contributed by atoms with Gasteiger partial charge >= 0.3 is 0 Å². The third-order valence-corrected chi connectivity index (χ3v) is 2.21. The Balaban J connectivity index is 2.19. The van der Waals surface area contributed by atoms with Crippen molar-refractivity contribution in [3.63, 3.8) is 0 Å². The number of rotatable bonds is 2. The van der Waals surface area contributed by atoms with Crippen LogP contribution < -0.4 is 4.57 Å². The van der Waals surface area contributed by atoms with E-state index in [9.17, 15) is 0 Å². The summed E-state index contributed by atoms with van der Waals surface area (Å²) in [5, 5.41) is 0. The highest BCUT2D eigenvalue weighted by Gasteiger charge is 1.94. The van der Waals surface area contributed by atoms with Crippen LogP contribution in [0.4, 0.5) is 0 Å². The smallest absolute Gasteiger partial charge is 0.173 e. The van der Waals surface area contributed by atoms with Gasteiger partial charge in [0.2, 0.25) is 0 Å². The van der Waals surface area contributed by atoms with Gasteiger partial charge in [0.1, 0.15) is 0 Å². The Bertz CT molecular complexity index is 458. The van der Waals surface area contributed by atoms with Gasteiger partial charge in [-0.15, -0.1) is 0 Å². The summed E-state index contributed by atoms with van der Waals surface area (Å²) in [6.45, 7) is 2.09. The topological polar surface area (TPSA) is 3.88 Å². The van der Waals surface area contributed by atoms with Crippen LogP contribution in [-0.4, -0.2) is 0 Å². The van der Waals surface area contributed by atoms with Gasteiger partial charge in [-0.1, -0.05) is 30.3 Å². The lowest BCUT2D eigenvalue weighted by Crippen LogP contribution is -2.24. The van der Waals surface area contributed by atoms with Gasteiger partial charge in [0.05, 0.1) is 0 Å². The lowest BCUT2D eigenvalue weighted by molar-refractivity contribution is -0.567. The zero-order chi connectivity index (χ0) is 10.5. The maximum absolute atomic E-state index is 2.10. The number of nitrogens with zero attached hydrogens (tertiary/aromatic N) is 1. The molecule has 1 aromatic heterocycles. The Morgan fingerprint density at radius 3 is 2.53 bits per heavy atom. The van der Waals surface area contributed by atoms with Crippen molar-refractivity contribution in [1.82, 2.24) is 0 Å². The lowest BCUT2D eigenvalue weighted by Gasteiger charge is -1.91. The summed E-state index contributed by atoms with van der Waals surface area (Å²) in [7, 11) is 0. The summed E-state index contributed by atoms with van der Waals surface area (Å²) in [5.41, 5.74) is 2.47. The van der Waals surface area contributed by atoms with Crippen LogP contribution in [0.15, 0.2) is 54.9 Å². The standard InChI is InChI=1S/C14H14N/c1-13-6-5-10-15(12-13)11-9-14-7-3-2-4-8-14/h2-12H,1H3/q+1/b11-9+. The minimum atomic E-state index is 1.21. The van der Waals surface area contributed by atoms with E-state index >= 15 is 0 Å². The fourth-order valence-corrected chi connectivity index (χ4v) is 1.44. The second kappa shape index (κ2) is 4.56. The van der Waals surface area contributed by atoms with Gasteiger partial charge in [0, 0.05) is 17.7 Å². The van der Waals surface area contributed by atoms with E-state index in [2.05, 4.69) is 48.2 Å². The summed E-state index contributed by atoms with van der Waals surface area (Å²) in [5.74, 6) is 0. The van der Waals surface area contributed by atoms with Crippen molar-refractivity contribution in [2.75, 3.05) is 0 Å². The van der Waals surface area contributed by atoms with Crippen LogP contribution in [0.2, 0.25) is 0 Å². The number of pyridine rings is 1. The average Bonchev–Trinajstić information content (AvgIpc) is 2.28. The summed E-state index contributed by atoms with van der Waals surface area (Å²) >= 11 is 0. The van der Waals surface area contributed by atoms with Crippen molar-refractivity contribution in [2.45, 2.75) is 6.92 Å². The molecule has 0 spiro atoms. The lowest BCUT2D eigenvalue weighted by atomic mass is 10.2. The van der Waals surface area contributed by atoms with Gasteiger partial charge in [-0.25, -0.2) is 0 Å². The molecule has 0 fully saturated rings. The molecule has 1 aromatic carbocycles. The predicted octanol–water partition coefficient (Wildman–Crippen LogP) is 2.91. The van der Waals surface area contributed by atoms with Gasteiger partial charge < -0.3 is 0 Å². The van der Waals surface area contributed by atoms with Gasteiger partial charge in [-0.05, 0) is 18.6 Å². The quantitative estimate of drug-likeness (QED) is 0.650. The fraction of sp³-hybridized carbons (Fsp3) is 0.0714. The zero-order valence-electron chi connectivity index (χ0n) is 8.80. The molecule has 0 atom stereocenters. The first-order valence-electron chi connectivity index (χ1n) is 5.05. The summed E-state index contributed by atoms with van der Waals surface area (Å²) in [4.78, 5) is 0.